The summed E-state index contributed by atoms with van der Waals surface area (Å²) in [4.78, 5) is 35.9. The molecule has 4 fully saturated rings. The van der Waals surface area contributed by atoms with E-state index in [-0.39, 0.29) is 22.6 Å². The molecule has 10 heteroatoms. The predicted molar refractivity (Wildman–Crippen MR) is 158 cm³/mol. The van der Waals surface area contributed by atoms with Gasteiger partial charge in [-0.25, -0.2) is 9.97 Å². The van der Waals surface area contributed by atoms with Crippen LogP contribution in [0.15, 0.2) is 36.4 Å². The molecule has 208 valence electrons. The molecule has 4 aliphatic rings. The van der Waals surface area contributed by atoms with Crippen LogP contribution in [0.4, 0.5) is 10.3 Å². The second-order valence-electron chi connectivity index (χ2n) is 12.1. The lowest BCUT2D eigenvalue weighted by molar-refractivity contribution is -0.142. The minimum Gasteiger partial charge on any atom is -0.497 e. The van der Waals surface area contributed by atoms with E-state index in [9.17, 15) is 9.59 Å². The molecule has 2 aromatic carbocycles. The molecule has 0 saturated heterocycles. The number of ether oxygens (including phenoxy) is 2. The maximum absolute atomic E-state index is 13.3. The van der Waals surface area contributed by atoms with Crippen molar-refractivity contribution in [1.82, 2.24) is 9.97 Å². The van der Waals surface area contributed by atoms with Crippen molar-refractivity contribution >= 4 is 65.2 Å². The second kappa shape index (κ2) is 9.69. The number of amides is 2. The zero-order valence-corrected chi connectivity index (χ0v) is 24.3. The average molecular weight is 577 g/mol. The van der Waals surface area contributed by atoms with Crippen molar-refractivity contribution in [3.63, 3.8) is 0 Å². The minimum atomic E-state index is -0.0409. The van der Waals surface area contributed by atoms with E-state index in [0.29, 0.717) is 34.9 Å². The lowest BCUT2D eigenvalue weighted by atomic mass is 9.43. The molecule has 0 aliphatic heterocycles. The molecule has 2 heterocycles. The van der Waals surface area contributed by atoms with E-state index in [1.807, 2.05) is 36.4 Å². The fraction of sp³-hybridized carbons (Fsp3) is 0.467. The van der Waals surface area contributed by atoms with Gasteiger partial charge in [-0.05, 0) is 97.6 Å². The van der Waals surface area contributed by atoms with Gasteiger partial charge in [0, 0.05) is 12.8 Å². The number of aromatic nitrogens is 2. The first-order valence-corrected chi connectivity index (χ1v) is 15.4. The van der Waals surface area contributed by atoms with Gasteiger partial charge in [0.25, 0.3) is 0 Å². The summed E-state index contributed by atoms with van der Waals surface area (Å²) in [6, 6.07) is 11.5. The minimum absolute atomic E-state index is 0.0254. The smallest absolute Gasteiger partial charge is 0.226 e. The Morgan fingerprint density at radius 3 is 1.68 bits per heavy atom. The topological polar surface area (TPSA) is 102 Å². The number of rotatable bonds is 8. The summed E-state index contributed by atoms with van der Waals surface area (Å²) < 4.78 is 12.6. The third kappa shape index (κ3) is 4.81. The first kappa shape index (κ1) is 25.7. The number of carbonyl (C=O) groups is 2. The van der Waals surface area contributed by atoms with Crippen molar-refractivity contribution in [2.45, 2.75) is 51.4 Å². The molecule has 0 unspecified atom stereocenters. The van der Waals surface area contributed by atoms with Crippen LogP contribution in [0.5, 0.6) is 11.5 Å². The molecule has 2 N–H and O–H groups in total. The van der Waals surface area contributed by atoms with Crippen LogP contribution < -0.4 is 20.1 Å². The van der Waals surface area contributed by atoms with Gasteiger partial charge in [0.2, 0.25) is 11.8 Å². The van der Waals surface area contributed by atoms with Gasteiger partial charge in [0.15, 0.2) is 10.3 Å². The molecule has 40 heavy (non-hydrogen) atoms. The van der Waals surface area contributed by atoms with Crippen LogP contribution in [-0.4, -0.2) is 36.0 Å². The summed E-state index contributed by atoms with van der Waals surface area (Å²) >= 11 is 2.94. The third-order valence-electron chi connectivity index (χ3n) is 9.06. The Kier molecular flexibility index (Phi) is 6.23. The van der Waals surface area contributed by atoms with E-state index in [0.717, 1.165) is 64.0 Å². The van der Waals surface area contributed by atoms with E-state index in [1.165, 1.54) is 29.1 Å². The summed E-state index contributed by atoms with van der Waals surface area (Å²) in [5.74, 6) is 2.79. The SMILES string of the molecule is COc1ccc2nc(NC(=O)CC34CC5CC(C3)CC(CC(=O)Nc3nc6ccc(OC)cc6s3)(C5)C4)sc2c1. The number of nitrogens with zero attached hydrogens (tertiary/aromatic N) is 2. The van der Waals surface area contributed by atoms with Crippen LogP contribution in [0.2, 0.25) is 0 Å². The number of thiazole rings is 2. The van der Waals surface area contributed by atoms with Crippen molar-refractivity contribution in [2.75, 3.05) is 24.9 Å². The zero-order chi connectivity index (χ0) is 27.5. The largest absolute Gasteiger partial charge is 0.497 e. The van der Waals surface area contributed by atoms with Crippen LogP contribution >= 0.6 is 22.7 Å². The van der Waals surface area contributed by atoms with E-state index < -0.39 is 0 Å². The number of anilines is 2. The maximum atomic E-state index is 13.3. The Labute approximate surface area is 240 Å². The monoisotopic (exact) mass is 576 g/mol. The number of hydrogen-bond acceptors (Lipinski definition) is 8. The van der Waals surface area contributed by atoms with Gasteiger partial charge in [-0.15, -0.1) is 0 Å². The predicted octanol–water partition coefficient (Wildman–Crippen LogP) is 6.87. The van der Waals surface area contributed by atoms with Crippen LogP contribution in [0.25, 0.3) is 20.4 Å². The number of hydrogen-bond donors (Lipinski definition) is 2. The van der Waals surface area contributed by atoms with Crippen molar-refractivity contribution in [3.8, 4) is 11.5 Å². The Balaban J connectivity index is 1.04. The van der Waals surface area contributed by atoms with Gasteiger partial charge in [0.05, 0.1) is 34.7 Å². The molecular weight excluding hydrogens is 544 g/mol. The van der Waals surface area contributed by atoms with Gasteiger partial charge in [-0.2, -0.15) is 0 Å². The second-order valence-corrected chi connectivity index (χ2v) is 14.2. The van der Waals surface area contributed by atoms with Crippen LogP contribution in [-0.2, 0) is 9.59 Å². The van der Waals surface area contributed by atoms with Gasteiger partial charge in [-0.3, -0.25) is 9.59 Å². The van der Waals surface area contributed by atoms with Crippen molar-refractivity contribution in [1.29, 1.82) is 0 Å². The molecular formula is C30H32N4O4S2. The lowest BCUT2D eigenvalue weighted by Gasteiger charge is -2.62. The maximum Gasteiger partial charge on any atom is 0.226 e. The highest BCUT2D eigenvalue weighted by Crippen LogP contribution is 2.67. The van der Waals surface area contributed by atoms with E-state index in [1.54, 1.807) is 14.2 Å². The van der Waals surface area contributed by atoms with Crippen molar-refractivity contribution in [3.05, 3.63) is 36.4 Å². The first-order chi connectivity index (χ1) is 19.3. The van der Waals surface area contributed by atoms with E-state index in [2.05, 4.69) is 20.6 Å². The number of fused-ring (bicyclic) bond motifs is 2. The quantitative estimate of drug-likeness (QED) is 0.237. The fourth-order valence-corrected chi connectivity index (χ4v) is 10.1. The Morgan fingerprint density at radius 1 is 0.800 bits per heavy atom. The van der Waals surface area contributed by atoms with Gasteiger partial charge < -0.3 is 20.1 Å². The summed E-state index contributed by atoms with van der Waals surface area (Å²) in [6.45, 7) is 0. The normalized spacial score (nSPS) is 26.8. The summed E-state index contributed by atoms with van der Waals surface area (Å²) in [5, 5.41) is 7.42. The van der Waals surface area contributed by atoms with Crippen LogP contribution in [0.1, 0.15) is 51.4 Å². The first-order valence-electron chi connectivity index (χ1n) is 13.8. The molecule has 0 radical (unpaired) electrons. The Bertz CT molecular complexity index is 1500. The highest BCUT2D eigenvalue weighted by molar-refractivity contribution is 7.22. The van der Waals surface area contributed by atoms with Crippen LogP contribution in [0.3, 0.4) is 0 Å². The number of benzene rings is 2. The van der Waals surface area contributed by atoms with Gasteiger partial charge in [0.1, 0.15) is 11.5 Å². The van der Waals surface area contributed by atoms with Gasteiger partial charge >= 0.3 is 0 Å². The summed E-state index contributed by atoms with van der Waals surface area (Å²) in [5.41, 5.74) is 1.63. The standard InChI is InChI=1S/C30H32N4O4S2/c1-37-19-3-5-21-23(8-19)39-27(31-21)33-25(35)14-29-10-17-7-18(11-29)13-30(12-17,16-29)15-26(36)34-28-32-22-6-4-20(38-2)9-24(22)40-28/h3-6,8-9,17-18H,7,10-16H2,1-2H3,(H,31,33,35)(H,32,34,36). The molecule has 4 saturated carbocycles. The molecule has 4 aliphatic carbocycles. The molecule has 4 aromatic rings. The average Bonchev–Trinajstić information content (AvgIpc) is 3.48. The number of carbonyl (C=O) groups excluding carboxylic acids is 2. The third-order valence-corrected chi connectivity index (χ3v) is 10.9. The molecule has 8 nitrogen and oxygen atoms in total. The molecule has 0 atom stereocenters. The van der Waals surface area contributed by atoms with Crippen molar-refractivity contribution in [2.24, 2.45) is 22.7 Å². The molecule has 4 bridgehead atoms. The molecule has 2 aromatic heterocycles. The molecule has 8 rings (SSSR count). The molecule has 0 spiro atoms. The van der Waals surface area contributed by atoms with Crippen molar-refractivity contribution < 1.29 is 19.1 Å². The van der Waals surface area contributed by atoms with Gasteiger partial charge in [-0.1, -0.05) is 22.7 Å². The molecule has 2 amide bonds. The Hall–Kier alpha value is -3.24. The fourth-order valence-electron chi connectivity index (χ4n) is 8.24. The summed E-state index contributed by atoms with van der Waals surface area (Å²) in [7, 11) is 3.29. The number of methoxy groups -OCH3 is 2. The highest BCUT2D eigenvalue weighted by Gasteiger charge is 2.58. The Morgan fingerprint density at radius 2 is 1.25 bits per heavy atom. The van der Waals surface area contributed by atoms with Crippen LogP contribution in [0, 0.1) is 22.7 Å². The lowest BCUT2D eigenvalue weighted by Crippen LogP contribution is -2.53. The van der Waals surface area contributed by atoms with E-state index >= 15 is 0 Å². The zero-order valence-electron chi connectivity index (χ0n) is 22.6. The van der Waals surface area contributed by atoms with E-state index in [4.69, 9.17) is 9.47 Å². The number of nitrogens with one attached hydrogen (secondary N) is 2. The highest BCUT2D eigenvalue weighted by atomic mass is 32.1. The summed E-state index contributed by atoms with van der Waals surface area (Å²) in [6.07, 6.45) is 7.46.